The SMILES string of the molecule is C/C(C=NNC(=O)c1cnccn1)=C\c1ccccc1. The summed E-state index contributed by atoms with van der Waals surface area (Å²) in [6, 6.07) is 9.88. The number of hydrogen-bond acceptors (Lipinski definition) is 4. The van der Waals surface area contributed by atoms with Crippen molar-refractivity contribution in [1.82, 2.24) is 15.4 Å². The smallest absolute Gasteiger partial charge is 0.265 e. The maximum atomic E-state index is 11.6. The lowest BCUT2D eigenvalue weighted by molar-refractivity contribution is 0.0949. The van der Waals surface area contributed by atoms with Crippen LogP contribution in [0.5, 0.6) is 0 Å². The summed E-state index contributed by atoms with van der Waals surface area (Å²) in [4.78, 5) is 19.3. The number of aromatic nitrogens is 2. The van der Waals surface area contributed by atoms with Gasteiger partial charge in [-0.3, -0.25) is 9.78 Å². The van der Waals surface area contributed by atoms with Crippen molar-refractivity contribution in [3.05, 3.63) is 65.8 Å². The number of carbonyl (C=O) groups is 1. The zero-order valence-corrected chi connectivity index (χ0v) is 11.0. The summed E-state index contributed by atoms with van der Waals surface area (Å²) < 4.78 is 0. The fraction of sp³-hybridized carbons (Fsp3) is 0.0667. The molecule has 0 aliphatic carbocycles. The van der Waals surface area contributed by atoms with Gasteiger partial charge in [0.15, 0.2) is 0 Å². The van der Waals surface area contributed by atoms with Crippen LogP contribution < -0.4 is 5.43 Å². The van der Waals surface area contributed by atoms with Gasteiger partial charge < -0.3 is 0 Å². The molecule has 0 fully saturated rings. The first-order valence-electron chi connectivity index (χ1n) is 6.08. The lowest BCUT2D eigenvalue weighted by atomic mass is 10.1. The molecule has 20 heavy (non-hydrogen) atoms. The normalized spacial score (nSPS) is 11.6. The third-order valence-corrected chi connectivity index (χ3v) is 2.42. The molecular weight excluding hydrogens is 252 g/mol. The van der Waals surface area contributed by atoms with Crippen molar-refractivity contribution in [2.75, 3.05) is 0 Å². The van der Waals surface area contributed by atoms with E-state index in [1.807, 2.05) is 43.3 Å². The van der Waals surface area contributed by atoms with Crippen LogP contribution in [0.25, 0.3) is 6.08 Å². The zero-order chi connectivity index (χ0) is 14.2. The van der Waals surface area contributed by atoms with Crippen LogP contribution in [0.4, 0.5) is 0 Å². The molecule has 1 heterocycles. The van der Waals surface area contributed by atoms with Gasteiger partial charge in [-0.1, -0.05) is 36.4 Å². The summed E-state index contributed by atoms with van der Waals surface area (Å²) in [7, 11) is 0. The van der Waals surface area contributed by atoms with Gasteiger partial charge in [0.25, 0.3) is 5.91 Å². The number of amides is 1. The molecule has 0 aliphatic rings. The molecular formula is C15H14N4O. The summed E-state index contributed by atoms with van der Waals surface area (Å²) in [6.07, 6.45) is 7.91. The average Bonchev–Trinajstić information content (AvgIpc) is 2.49. The Hall–Kier alpha value is -2.82. The molecule has 0 radical (unpaired) electrons. The lowest BCUT2D eigenvalue weighted by Gasteiger charge is -1.98. The molecule has 2 aromatic rings. The Morgan fingerprint density at radius 3 is 2.75 bits per heavy atom. The summed E-state index contributed by atoms with van der Waals surface area (Å²) in [6.45, 7) is 1.91. The van der Waals surface area contributed by atoms with Crippen LogP contribution in [0, 0.1) is 0 Å². The monoisotopic (exact) mass is 266 g/mol. The first kappa shape index (κ1) is 13.6. The van der Waals surface area contributed by atoms with E-state index in [0.717, 1.165) is 11.1 Å². The number of hydrogen-bond donors (Lipinski definition) is 1. The zero-order valence-electron chi connectivity index (χ0n) is 11.0. The van der Waals surface area contributed by atoms with E-state index in [-0.39, 0.29) is 11.6 Å². The number of nitrogens with one attached hydrogen (secondary N) is 1. The Labute approximate surface area is 117 Å². The second-order valence-corrected chi connectivity index (χ2v) is 4.09. The summed E-state index contributed by atoms with van der Waals surface area (Å²) in [5.41, 5.74) is 4.64. The quantitative estimate of drug-likeness (QED) is 0.682. The van der Waals surface area contributed by atoms with Crippen molar-refractivity contribution < 1.29 is 4.79 Å². The highest BCUT2D eigenvalue weighted by Crippen LogP contribution is 2.04. The van der Waals surface area contributed by atoms with E-state index >= 15 is 0 Å². The van der Waals surface area contributed by atoms with Crippen molar-refractivity contribution in [3.8, 4) is 0 Å². The van der Waals surface area contributed by atoms with E-state index < -0.39 is 0 Å². The van der Waals surface area contributed by atoms with Crippen LogP contribution in [0.2, 0.25) is 0 Å². The Kier molecular flexibility index (Phi) is 4.72. The third-order valence-electron chi connectivity index (χ3n) is 2.42. The Morgan fingerprint density at radius 1 is 1.25 bits per heavy atom. The number of carbonyl (C=O) groups excluding carboxylic acids is 1. The number of allylic oxidation sites excluding steroid dienone is 1. The molecule has 1 amide bonds. The van der Waals surface area contributed by atoms with E-state index in [9.17, 15) is 4.79 Å². The fourth-order valence-corrected chi connectivity index (χ4v) is 1.52. The molecule has 1 aromatic carbocycles. The minimum absolute atomic E-state index is 0.231. The van der Waals surface area contributed by atoms with Gasteiger partial charge in [0, 0.05) is 12.4 Å². The number of hydrazone groups is 1. The number of rotatable bonds is 4. The molecule has 1 N–H and O–H groups in total. The molecule has 0 bridgehead atoms. The van der Waals surface area contributed by atoms with Crippen molar-refractivity contribution in [3.63, 3.8) is 0 Å². The van der Waals surface area contributed by atoms with E-state index in [1.165, 1.54) is 18.6 Å². The largest absolute Gasteiger partial charge is 0.291 e. The summed E-state index contributed by atoms with van der Waals surface area (Å²) >= 11 is 0. The first-order valence-corrected chi connectivity index (χ1v) is 6.08. The predicted octanol–water partition coefficient (Wildman–Crippen LogP) is 2.30. The van der Waals surface area contributed by atoms with Gasteiger partial charge in [-0.15, -0.1) is 0 Å². The van der Waals surface area contributed by atoms with E-state index in [1.54, 1.807) is 6.21 Å². The van der Waals surface area contributed by atoms with Crippen LogP contribution in [0.1, 0.15) is 23.0 Å². The van der Waals surface area contributed by atoms with Gasteiger partial charge in [-0.25, -0.2) is 10.4 Å². The average molecular weight is 266 g/mol. The fourth-order valence-electron chi connectivity index (χ4n) is 1.52. The molecule has 0 spiro atoms. The van der Waals surface area contributed by atoms with Crippen LogP contribution in [-0.2, 0) is 0 Å². The maximum absolute atomic E-state index is 11.6. The van der Waals surface area contributed by atoms with Crippen LogP contribution in [0.3, 0.4) is 0 Å². The van der Waals surface area contributed by atoms with E-state index in [0.29, 0.717) is 0 Å². The molecule has 1 aromatic heterocycles. The Balaban J connectivity index is 1.94. The van der Waals surface area contributed by atoms with Crippen molar-refractivity contribution in [2.45, 2.75) is 6.92 Å². The van der Waals surface area contributed by atoms with E-state index in [2.05, 4.69) is 20.5 Å². The summed E-state index contributed by atoms with van der Waals surface area (Å²) in [5, 5.41) is 3.88. The topological polar surface area (TPSA) is 67.2 Å². The van der Waals surface area contributed by atoms with Crippen LogP contribution >= 0.6 is 0 Å². The van der Waals surface area contributed by atoms with Crippen LogP contribution in [-0.4, -0.2) is 22.1 Å². The van der Waals surface area contributed by atoms with Crippen molar-refractivity contribution in [2.24, 2.45) is 5.10 Å². The Morgan fingerprint density at radius 2 is 2.05 bits per heavy atom. The highest BCUT2D eigenvalue weighted by Gasteiger charge is 2.03. The third kappa shape index (κ3) is 4.13. The Bertz CT molecular complexity index is 621. The molecule has 0 unspecified atom stereocenters. The maximum Gasteiger partial charge on any atom is 0.291 e. The van der Waals surface area contributed by atoms with Gasteiger partial charge in [0.1, 0.15) is 5.69 Å². The molecule has 0 aliphatic heterocycles. The minimum Gasteiger partial charge on any atom is -0.265 e. The predicted molar refractivity (Wildman–Crippen MR) is 78.1 cm³/mol. The molecule has 0 saturated heterocycles. The molecule has 0 atom stereocenters. The molecule has 5 nitrogen and oxygen atoms in total. The molecule has 2 rings (SSSR count). The highest BCUT2D eigenvalue weighted by atomic mass is 16.2. The first-order chi connectivity index (χ1) is 9.75. The number of benzene rings is 1. The van der Waals surface area contributed by atoms with Crippen molar-refractivity contribution in [1.29, 1.82) is 0 Å². The van der Waals surface area contributed by atoms with Gasteiger partial charge in [-0.05, 0) is 18.1 Å². The van der Waals surface area contributed by atoms with Gasteiger partial charge in [-0.2, -0.15) is 5.10 Å². The molecule has 100 valence electrons. The van der Waals surface area contributed by atoms with E-state index in [4.69, 9.17) is 0 Å². The second-order valence-electron chi connectivity index (χ2n) is 4.09. The molecule has 0 saturated carbocycles. The second kappa shape index (κ2) is 6.94. The van der Waals surface area contributed by atoms with Crippen molar-refractivity contribution >= 4 is 18.2 Å². The lowest BCUT2D eigenvalue weighted by Crippen LogP contribution is -2.19. The highest BCUT2D eigenvalue weighted by molar-refractivity contribution is 5.93. The summed E-state index contributed by atoms with van der Waals surface area (Å²) in [5.74, 6) is -0.387. The van der Waals surface area contributed by atoms with Crippen LogP contribution in [0.15, 0.2) is 59.6 Å². The standard InChI is InChI=1S/C15H14N4O/c1-12(9-13-5-3-2-4-6-13)10-18-19-15(20)14-11-16-7-8-17-14/h2-11H,1H3,(H,19,20)/b12-9+,18-10?. The van der Waals surface area contributed by atoms with Gasteiger partial charge >= 0.3 is 0 Å². The number of nitrogens with zero attached hydrogens (tertiary/aromatic N) is 3. The van der Waals surface area contributed by atoms with Gasteiger partial charge in [0.2, 0.25) is 0 Å². The minimum atomic E-state index is -0.387. The van der Waals surface area contributed by atoms with Gasteiger partial charge in [0.05, 0.1) is 12.4 Å². The molecule has 5 heteroatoms.